The lowest BCUT2D eigenvalue weighted by Gasteiger charge is -2.31. The van der Waals surface area contributed by atoms with Gasteiger partial charge in [0.15, 0.2) is 5.78 Å². The number of carbonyl (C=O) groups is 1. The molecule has 2 aliphatic carbocycles. The van der Waals surface area contributed by atoms with Crippen molar-refractivity contribution in [1.82, 2.24) is 0 Å². The minimum absolute atomic E-state index is 0.0434. The van der Waals surface area contributed by atoms with E-state index in [0.717, 1.165) is 18.4 Å². The van der Waals surface area contributed by atoms with Gasteiger partial charge in [-0.05, 0) is 25.8 Å². The molecule has 0 aromatic rings. The molecule has 0 N–H and O–H groups in total. The highest BCUT2D eigenvalue weighted by Gasteiger charge is 2.52. The molecule has 0 amide bonds. The van der Waals surface area contributed by atoms with Crippen LogP contribution >= 0.6 is 0 Å². The quantitative estimate of drug-likeness (QED) is 0.415. The van der Waals surface area contributed by atoms with Crippen LogP contribution in [0, 0.1) is 10.8 Å². The van der Waals surface area contributed by atoms with Crippen molar-refractivity contribution in [2.75, 3.05) is 20.5 Å². The van der Waals surface area contributed by atoms with E-state index in [2.05, 4.69) is 6.58 Å². The minimum atomic E-state index is -0.370. The first kappa shape index (κ1) is 11.6. The number of rotatable bonds is 4. The Bertz CT molecular complexity index is 358. The molecule has 0 saturated heterocycles. The van der Waals surface area contributed by atoms with Crippen molar-refractivity contribution < 1.29 is 14.3 Å². The summed E-state index contributed by atoms with van der Waals surface area (Å²) in [4.78, 5) is 11.8. The molecule has 0 aromatic carbocycles. The number of hydrogen-bond donors (Lipinski definition) is 0. The highest BCUT2D eigenvalue weighted by Crippen LogP contribution is 2.56. The molecule has 16 heavy (non-hydrogen) atoms. The van der Waals surface area contributed by atoms with Crippen molar-refractivity contribution in [3.05, 3.63) is 24.3 Å². The maximum absolute atomic E-state index is 11.8. The second kappa shape index (κ2) is 3.82. The van der Waals surface area contributed by atoms with Gasteiger partial charge in [0.25, 0.3) is 0 Å². The summed E-state index contributed by atoms with van der Waals surface area (Å²) in [5.41, 5.74) is 0.618. The van der Waals surface area contributed by atoms with Crippen LogP contribution in [-0.2, 0) is 14.3 Å². The summed E-state index contributed by atoms with van der Waals surface area (Å²) in [5.74, 6) is 0.178. The number of hydrogen-bond acceptors (Lipinski definition) is 3. The molecule has 2 bridgehead atoms. The third-order valence-electron chi connectivity index (χ3n) is 3.77. The Morgan fingerprint density at radius 3 is 3.00 bits per heavy atom. The van der Waals surface area contributed by atoms with E-state index in [1.807, 2.05) is 13.0 Å². The van der Waals surface area contributed by atoms with E-state index in [0.29, 0.717) is 13.4 Å². The molecule has 0 unspecified atom stereocenters. The van der Waals surface area contributed by atoms with Gasteiger partial charge in [-0.3, -0.25) is 4.79 Å². The van der Waals surface area contributed by atoms with Crippen LogP contribution in [0.2, 0.25) is 0 Å². The molecular weight excluding hydrogens is 204 g/mol. The average Bonchev–Trinajstić information content (AvgIpc) is 2.45. The summed E-state index contributed by atoms with van der Waals surface area (Å²) in [6.07, 6.45) is 5.34. The van der Waals surface area contributed by atoms with E-state index >= 15 is 0 Å². The Labute approximate surface area is 96.1 Å². The first-order valence-electron chi connectivity index (χ1n) is 5.51. The molecule has 0 spiro atoms. The Kier molecular flexibility index (Phi) is 2.76. The molecule has 3 heteroatoms. The monoisotopic (exact) mass is 222 g/mol. The van der Waals surface area contributed by atoms with E-state index in [-0.39, 0.29) is 16.6 Å². The van der Waals surface area contributed by atoms with Crippen molar-refractivity contribution in [2.24, 2.45) is 10.8 Å². The van der Waals surface area contributed by atoms with E-state index in [1.165, 1.54) is 0 Å². The number of ketones is 1. The molecule has 0 heterocycles. The van der Waals surface area contributed by atoms with Gasteiger partial charge in [0.05, 0.1) is 12.0 Å². The fraction of sp³-hybridized carbons (Fsp3) is 0.615. The predicted molar refractivity (Wildman–Crippen MR) is 60.9 cm³/mol. The lowest BCUT2D eigenvalue weighted by molar-refractivity contribution is -0.122. The summed E-state index contributed by atoms with van der Waals surface area (Å²) in [7, 11) is 1.61. The molecule has 3 nitrogen and oxygen atoms in total. The average molecular weight is 222 g/mol. The first-order chi connectivity index (χ1) is 7.52. The topological polar surface area (TPSA) is 35.5 Å². The molecule has 2 rings (SSSR count). The summed E-state index contributed by atoms with van der Waals surface area (Å²) in [5, 5.41) is 0. The van der Waals surface area contributed by atoms with E-state index < -0.39 is 0 Å². The SMILES string of the molecule is C=C1C[C@]2(COCOC)C=CC(=O)[C@]1(C)C2. The lowest BCUT2D eigenvalue weighted by atomic mass is 9.73. The Morgan fingerprint density at radius 2 is 2.31 bits per heavy atom. The number of allylic oxidation sites excluding steroid dienone is 2. The molecule has 1 fully saturated rings. The maximum Gasteiger partial charge on any atom is 0.165 e. The zero-order chi connectivity index (χ0) is 11.8. The van der Waals surface area contributed by atoms with Crippen LogP contribution in [0.4, 0.5) is 0 Å². The standard InChI is InChI=1S/C13H18O3/c1-10-6-13(8-16-9-15-3)5-4-11(14)12(10,2)7-13/h4-5H,1,6-9H2,2-3H3/t12-,13-/m1/s1. The molecule has 88 valence electrons. The van der Waals surface area contributed by atoms with Crippen molar-refractivity contribution in [2.45, 2.75) is 19.8 Å². The summed E-state index contributed by atoms with van der Waals surface area (Å²) >= 11 is 0. The van der Waals surface area contributed by atoms with Crippen LogP contribution in [0.1, 0.15) is 19.8 Å². The Balaban J connectivity index is 2.16. The van der Waals surface area contributed by atoms with E-state index in [1.54, 1.807) is 13.2 Å². The molecule has 0 aliphatic heterocycles. The zero-order valence-corrected chi connectivity index (χ0v) is 9.91. The van der Waals surface area contributed by atoms with Crippen LogP contribution in [0.3, 0.4) is 0 Å². The van der Waals surface area contributed by atoms with Crippen molar-refractivity contribution in [3.63, 3.8) is 0 Å². The van der Waals surface area contributed by atoms with Gasteiger partial charge >= 0.3 is 0 Å². The predicted octanol–water partition coefficient (Wildman–Crippen LogP) is 2.09. The Hall–Kier alpha value is -0.930. The third-order valence-corrected chi connectivity index (χ3v) is 3.77. The molecular formula is C13H18O3. The van der Waals surface area contributed by atoms with Crippen molar-refractivity contribution in [3.8, 4) is 0 Å². The van der Waals surface area contributed by atoms with Gasteiger partial charge in [0, 0.05) is 12.5 Å². The highest BCUT2D eigenvalue weighted by molar-refractivity contribution is 5.98. The van der Waals surface area contributed by atoms with Gasteiger partial charge in [0.2, 0.25) is 0 Å². The van der Waals surface area contributed by atoms with E-state index in [9.17, 15) is 4.79 Å². The number of fused-ring (bicyclic) bond motifs is 2. The Morgan fingerprint density at radius 1 is 1.56 bits per heavy atom. The largest absolute Gasteiger partial charge is 0.359 e. The highest BCUT2D eigenvalue weighted by atomic mass is 16.7. The van der Waals surface area contributed by atoms with Gasteiger partial charge in [-0.25, -0.2) is 0 Å². The fourth-order valence-corrected chi connectivity index (χ4v) is 2.81. The normalized spacial score (nSPS) is 37.1. The van der Waals surface area contributed by atoms with Gasteiger partial charge < -0.3 is 9.47 Å². The van der Waals surface area contributed by atoms with Crippen LogP contribution in [-0.4, -0.2) is 26.3 Å². The van der Waals surface area contributed by atoms with Crippen LogP contribution < -0.4 is 0 Å². The summed E-state index contributed by atoms with van der Waals surface area (Å²) < 4.78 is 10.3. The maximum atomic E-state index is 11.8. The second-order valence-corrected chi connectivity index (χ2v) is 5.10. The third kappa shape index (κ3) is 1.64. The number of ether oxygens (including phenoxy) is 2. The van der Waals surface area contributed by atoms with Gasteiger partial charge in [0.1, 0.15) is 6.79 Å². The first-order valence-corrected chi connectivity index (χ1v) is 5.51. The second-order valence-electron chi connectivity index (χ2n) is 5.10. The molecule has 2 aliphatic rings. The lowest BCUT2D eigenvalue weighted by Crippen LogP contribution is -2.32. The molecule has 2 atom stereocenters. The molecule has 0 radical (unpaired) electrons. The van der Waals surface area contributed by atoms with Gasteiger partial charge in [-0.2, -0.15) is 0 Å². The number of carbonyl (C=O) groups excluding carboxylic acids is 1. The van der Waals surface area contributed by atoms with Crippen molar-refractivity contribution >= 4 is 5.78 Å². The van der Waals surface area contributed by atoms with Gasteiger partial charge in [-0.1, -0.05) is 18.2 Å². The summed E-state index contributed by atoms with van der Waals surface area (Å²) in [6.45, 7) is 6.92. The van der Waals surface area contributed by atoms with E-state index in [4.69, 9.17) is 9.47 Å². The summed E-state index contributed by atoms with van der Waals surface area (Å²) in [6, 6.07) is 0. The smallest absolute Gasteiger partial charge is 0.165 e. The molecule has 1 saturated carbocycles. The fourth-order valence-electron chi connectivity index (χ4n) is 2.81. The molecule has 0 aromatic heterocycles. The zero-order valence-electron chi connectivity index (χ0n) is 9.91. The van der Waals surface area contributed by atoms with Gasteiger partial charge in [-0.15, -0.1) is 0 Å². The van der Waals surface area contributed by atoms with Crippen LogP contribution in [0.15, 0.2) is 24.3 Å². The van der Waals surface area contributed by atoms with Crippen LogP contribution in [0.25, 0.3) is 0 Å². The van der Waals surface area contributed by atoms with Crippen LogP contribution in [0.5, 0.6) is 0 Å². The minimum Gasteiger partial charge on any atom is -0.359 e. The number of methoxy groups -OCH3 is 1. The van der Waals surface area contributed by atoms with Crippen molar-refractivity contribution in [1.29, 1.82) is 0 Å².